The third-order valence-electron chi connectivity index (χ3n) is 4.13. The fraction of sp³-hybridized carbons (Fsp3) is 0.0952. The van der Waals surface area contributed by atoms with Crippen LogP contribution in [0.3, 0.4) is 0 Å². The van der Waals surface area contributed by atoms with Crippen molar-refractivity contribution in [3.05, 3.63) is 90.0 Å². The highest BCUT2D eigenvalue weighted by atomic mass is 19.4. The predicted molar refractivity (Wildman–Crippen MR) is 100 cm³/mol. The average molecular weight is 370 g/mol. The lowest BCUT2D eigenvalue weighted by molar-refractivity contribution is -0.137. The van der Waals surface area contributed by atoms with E-state index in [1.54, 1.807) is 24.3 Å². The molecule has 6 heteroatoms. The summed E-state index contributed by atoms with van der Waals surface area (Å²) in [6.07, 6.45) is -4.60. The predicted octanol–water partition coefficient (Wildman–Crippen LogP) is 5.73. The number of benzene rings is 3. The molecule has 1 amide bonds. The van der Waals surface area contributed by atoms with Gasteiger partial charge in [0.15, 0.2) is 0 Å². The number of rotatable bonds is 4. The highest BCUT2D eigenvalue weighted by Crippen LogP contribution is 2.34. The number of carbonyl (C=O) groups is 1. The van der Waals surface area contributed by atoms with Crippen molar-refractivity contribution in [2.24, 2.45) is 0 Å². The first-order valence-corrected chi connectivity index (χ1v) is 8.23. The number of hydrogen-bond donors (Lipinski definition) is 1. The zero-order valence-corrected chi connectivity index (χ0v) is 14.5. The second kappa shape index (κ2) is 7.53. The van der Waals surface area contributed by atoms with Gasteiger partial charge < -0.3 is 10.2 Å². The van der Waals surface area contributed by atoms with Crippen LogP contribution in [0.4, 0.5) is 30.2 Å². The number of anilines is 3. The molecule has 0 bridgehead atoms. The second-order valence-corrected chi connectivity index (χ2v) is 5.91. The van der Waals surface area contributed by atoms with E-state index < -0.39 is 23.2 Å². The number of para-hydroxylation sites is 3. The maximum atomic E-state index is 13.2. The molecular weight excluding hydrogens is 353 g/mol. The van der Waals surface area contributed by atoms with E-state index in [9.17, 15) is 18.0 Å². The van der Waals surface area contributed by atoms with E-state index in [1.165, 1.54) is 18.2 Å². The van der Waals surface area contributed by atoms with E-state index in [1.807, 2.05) is 42.3 Å². The Morgan fingerprint density at radius 3 is 2.15 bits per heavy atom. The lowest BCUT2D eigenvalue weighted by Crippen LogP contribution is -2.20. The molecular formula is C21H17F3N2O. The molecule has 138 valence electrons. The molecule has 0 aliphatic carbocycles. The summed E-state index contributed by atoms with van der Waals surface area (Å²) in [5, 5.41) is 2.61. The molecule has 0 unspecified atom stereocenters. The minimum atomic E-state index is -4.60. The molecule has 0 fully saturated rings. The smallest absolute Gasteiger partial charge is 0.343 e. The van der Waals surface area contributed by atoms with Crippen LogP contribution < -0.4 is 10.2 Å². The SMILES string of the molecule is CN(c1ccccc1)c1ccccc1NC(=O)c1ccccc1C(F)(F)F. The van der Waals surface area contributed by atoms with Crippen molar-refractivity contribution in [2.75, 3.05) is 17.3 Å². The first-order chi connectivity index (χ1) is 12.9. The van der Waals surface area contributed by atoms with Gasteiger partial charge in [0.2, 0.25) is 0 Å². The van der Waals surface area contributed by atoms with Crippen LogP contribution in [0.1, 0.15) is 15.9 Å². The topological polar surface area (TPSA) is 32.3 Å². The van der Waals surface area contributed by atoms with Crippen LogP contribution in [0.2, 0.25) is 0 Å². The van der Waals surface area contributed by atoms with Crippen molar-refractivity contribution in [2.45, 2.75) is 6.18 Å². The molecule has 0 aromatic heterocycles. The number of amides is 1. The van der Waals surface area contributed by atoms with Crippen LogP contribution in [-0.2, 0) is 6.18 Å². The highest BCUT2D eigenvalue weighted by molar-refractivity contribution is 6.07. The largest absolute Gasteiger partial charge is 0.417 e. The minimum Gasteiger partial charge on any atom is -0.343 e. The molecule has 0 saturated heterocycles. The monoisotopic (exact) mass is 370 g/mol. The maximum Gasteiger partial charge on any atom is 0.417 e. The summed E-state index contributed by atoms with van der Waals surface area (Å²) in [5.74, 6) is -0.808. The molecule has 0 aliphatic heterocycles. The second-order valence-electron chi connectivity index (χ2n) is 5.91. The Bertz CT molecular complexity index is 939. The summed E-state index contributed by atoms with van der Waals surface area (Å²) in [6.45, 7) is 0. The van der Waals surface area contributed by atoms with Gasteiger partial charge in [-0.05, 0) is 36.4 Å². The number of nitrogens with zero attached hydrogens (tertiary/aromatic N) is 1. The Labute approximate surface area is 155 Å². The molecule has 3 rings (SSSR count). The molecule has 0 spiro atoms. The molecule has 3 aromatic carbocycles. The first-order valence-electron chi connectivity index (χ1n) is 8.23. The van der Waals surface area contributed by atoms with Crippen LogP contribution in [0.25, 0.3) is 0 Å². The minimum absolute atomic E-state index is 0.415. The van der Waals surface area contributed by atoms with Gasteiger partial charge in [0.05, 0.1) is 22.5 Å². The maximum absolute atomic E-state index is 13.2. The van der Waals surface area contributed by atoms with Gasteiger partial charge in [-0.2, -0.15) is 13.2 Å². The third-order valence-corrected chi connectivity index (χ3v) is 4.13. The van der Waals surface area contributed by atoms with Gasteiger partial charge in [0, 0.05) is 12.7 Å². The van der Waals surface area contributed by atoms with Crippen molar-refractivity contribution in [3.8, 4) is 0 Å². The van der Waals surface area contributed by atoms with E-state index >= 15 is 0 Å². The first kappa shape index (κ1) is 18.5. The molecule has 3 nitrogen and oxygen atoms in total. The van der Waals surface area contributed by atoms with Gasteiger partial charge in [0.1, 0.15) is 0 Å². The molecule has 0 aliphatic rings. The zero-order chi connectivity index (χ0) is 19.4. The van der Waals surface area contributed by atoms with Gasteiger partial charge in [-0.15, -0.1) is 0 Å². The van der Waals surface area contributed by atoms with Crippen molar-refractivity contribution < 1.29 is 18.0 Å². The van der Waals surface area contributed by atoms with Crippen LogP contribution in [0, 0.1) is 0 Å². The molecule has 1 N–H and O–H groups in total. The van der Waals surface area contributed by atoms with Crippen LogP contribution in [0.5, 0.6) is 0 Å². The van der Waals surface area contributed by atoms with E-state index in [0.29, 0.717) is 11.4 Å². The summed E-state index contributed by atoms with van der Waals surface area (Å²) in [4.78, 5) is 14.4. The van der Waals surface area contributed by atoms with E-state index in [4.69, 9.17) is 0 Å². The Kier molecular flexibility index (Phi) is 5.16. The van der Waals surface area contributed by atoms with Crippen molar-refractivity contribution in [1.29, 1.82) is 0 Å². The quantitative estimate of drug-likeness (QED) is 0.636. The standard InChI is InChI=1S/C21H17F3N2O/c1-26(15-9-3-2-4-10-15)19-14-8-7-13-18(19)25-20(27)16-11-5-6-12-17(16)21(22,23)24/h2-14H,1H3,(H,25,27). The normalized spacial score (nSPS) is 11.1. The van der Waals surface area contributed by atoms with Crippen molar-refractivity contribution >= 4 is 23.0 Å². The van der Waals surface area contributed by atoms with Gasteiger partial charge in [-0.1, -0.05) is 42.5 Å². The van der Waals surface area contributed by atoms with Crippen molar-refractivity contribution in [3.63, 3.8) is 0 Å². The van der Waals surface area contributed by atoms with E-state index in [2.05, 4.69) is 5.32 Å². The van der Waals surface area contributed by atoms with Gasteiger partial charge >= 0.3 is 6.18 Å². The molecule has 0 radical (unpaired) electrons. The van der Waals surface area contributed by atoms with Crippen molar-refractivity contribution in [1.82, 2.24) is 0 Å². The summed E-state index contributed by atoms with van der Waals surface area (Å²) in [6, 6.07) is 21.2. The number of halogens is 3. The molecule has 27 heavy (non-hydrogen) atoms. The number of carbonyl (C=O) groups excluding carboxylic acids is 1. The summed E-state index contributed by atoms with van der Waals surface area (Å²) >= 11 is 0. The van der Waals surface area contributed by atoms with Gasteiger partial charge in [0.25, 0.3) is 5.91 Å². The Morgan fingerprint density at radius 1 is 0.852 bits per heavy atom. The molecule has 0 atom stereocenters. The van der Waals surface area contributed by atoms with Gasteiger partial charge in [-0.25, -0.2) is 0 Å². The average Bonchev–Trinajstić information content (AvgIpc) is 2.68. The Hall–Kier alpha value is -3.28. The summed E-state index contributed by atoms with van der Waals surface area (Å²) < 4.78 is 39.6. The van der Waals surface area contributed by atoms with Crippen LogP contribution in [0.15, 0.2) is 78.9 Å². The van der Waals surface area contributed by atoms with Crippen LogP contribution in [-0.4, -0.2) is 13.0 Å². The Balaban J connectivity index is 1.93. The lowest BCUT2D eigenvalue weighted by Gasteiger charge is -2.23. The highest BCUT2D eigenvalue weighted by Gasteiger charge is 2.34. The summed E-state index contributed by atoms with van der Waals surface area (Å²) in [5.41, 5.74) is 0.598. The number of nitrogens with one attached hydrogen (secondary N) is 1. The number of alkyl halides is 3. The van der Waals surface area contributed by atoms with Crippen LogP contribution >= 0.6 is 0 Å². The zero-order valence-electron chi connectivity index (χ0n) is 14.5. The lowest BCUT2D eigenvalue weighted by atomic mass is 10.1. The third kappa shape index (κ3) is 4.11. The molecule has 0 saturated carbocycles. The number of hydrogen-bond acceptors (Lipinski definition) is 2. The van der Waals surface area contributed by atoms with E-state index in [0.717, 1.165) is 11.8 Å². The summed E-state index contributed by atoms with van der Waals surface area (Å²) in [7, 11) is 1.82. The Morgan fingerprint density at radius 2 is 1.44 bits per heavy atom. The fourth-order valence-corrected chi connectivity index (χ4v) is 2.78. The van der Waals surface area contributed by atoms with Gasteiger partial charge in [-0.3, -0.25) is 4.79 Å². The van der Waals surface area contributed by atoms with E-state index in [-0.39, 0.29) is 0 Å². The molecule has 0 heterocycles. The fourth-order valence-electron chi connectivity index (χ4n) is 2.78. The molecule has 3 aromatic rings.